The lowest BCUT2D eigenvalue weighted by molar-refractivity contribution is -0.145. The zero-order chi connectivity index (χ0) is 11.9. The third-order valence-corrected chi connectivity index (χ3v) is 3.35. The zero-order valence-corrected chi connectivity index (χ0v) is 10.7. The van der Waals surface area contributed by atoms with Crippen molar-refractivity contribution in [2.45, 2.75) is 64.3 Å². The van der Waals surface area contributed by atoms with Gasteiger partial charge in [0.05, 0.1) is 13.0 Å². The smallest absolute Gasteiger partial charge is 0.307 e. The fourth-order valence-corrected chi connectivity index (χ4v) is 2.52. The van der Waals surface area contributed by atoms with Gasteiger partial charge in [0.25, 0.3) is 0 Å². The summed E-state index contributed by atoms with van der Waals surface area (Å²) in [6.45, 7) is 5.51. The van der Waals surface area contributed by atoms with Crippen LogP contribution in [0, 0.1) is 0 Å². The number of hydrogen-bond acceptors (Lipinski definition) is 3. The van der Waals surface area contributed by atoms with Crippen LogP contribution in [0.3, 0.4) is 0 Å². The minimum Gasteiger partial charge on any atom is -0.466 e. The Hall–Kier alpha value is -0.570. The summed E-state index contributed by atoms with van der Waals surface area (Å²) in [4.78, 5) is 11.6. The largest absolute Gasteiger partial charge is 0.466 e. The first-order valence-corrected chi connectivity index (χ1v) is 6.63. The Morgan fingerprint density at radius 2 is 1.94 bits per heavy atom. The summed E-state index contributed by atoms with van der Waals surface area (Å²) in [6, 6.07) is 0. The lowest BCUT2D eigenvalue weighted by Crippen LogP contribution is -2.48. The Labute approximate surface area is 98.9 Å². The fourth-order valence-electron chi connectivity index (χ4n) is 2.52. The van der Waals surface area contributed by atoms with Crippen LogP contribution in [0.4, 0.5) is 0 Å². The van der Waals surface area contributed by atoms with Crippen LogP contribution in [0.15, 0.2) is 0 Å². The van der Waals surface area contributed by atoms with Crippen molar-refractivity contribution in [1.82, 2.24) is 5.32 Å². The number of carbonyl (C=O) groups is 1. The maximum Gasteiger partial charge on any atom is 0.307 e. The second-order valence-corrected chi connectivity index (χ2v) is 4.75. The van der Waals surface area contributed by atoms with Crippen LogP contribution in [0.2, 0.25) is 0 Å². The molecule has 3 nitrogen and oxygen atoms in total. The van der Waals surface area contributed by atoms with Gasteiger partial charge >= 0.3 is 5.97 Å². The topological polar surface area (TPSA) is 38.3 Å². The molecule has 0 aromatic carbocycles. The molecule has 3 heteroatoms. The van der Waals surface area contributed by atoms with Gasteiger partial charge in [0.1, 0.15) is 0 Å². The van der Waals surface area contributed by atoms with Gasteiger partial charge in [0.2, 0.25) is 0 Å². The van der Waals surface area contributed by atoms with Crippen molar-refractivity contribution in [2.75, 3.05) is 13.2 Å². The monoisotopic (exact) mass is 227 g/mol. The van der Waals surface area contributed by atoms with Crippen LogP contribution in [0.25, 0.3) is 0 Å². The van der Waals surface area contributed by atoms with E-state index in [2.05, 4.69) is 12.2 Å². The molecule has 0 aromatic heterocycles. The first kappa shape index (κ1) is 13.5. The molecule has 0 saturated heterocycles. The second-order valence-electron chi connectivity index (χ2n) is 4.75. The summed E-state index contributed by atoms with van der Waals surface area (Å²) < 4.78 is 5.07. The van der Waals surface area contributed by atoms with Crippen LogP contribution < -0.4 is 5.32 Å². The summed E-state index contributed by atoms with van der Waals surface area (Å²) >= 11 is 0. The van der Waals surface area contributed by atoms with E-state index in [-0.39, 0.29) is 11.5 Å². The molecule has 1 aliphatic rings. The molecule has 0 radical (unpaired) electrons. The lowest BCUT2D eigenvalue weighted by Gasteiger charge is -2.37. The van der Waals surface area contributed by atoms with Gasteiger partial charge in [-0.2, -0.15) is 0 Å². The van der Waals surface area contributed by atoms with Gasteiger partial charge in [-0.3, -0.25) is 4.79 Å². The van der Waals surface area contributed by atoms with E-state index in [0.29, 0.717) is 13.0 Å². The Morgan fingerprint density at radius 1 is 1.25 bits per heavy atom. The van der Waals surface area contributed by atoms with Crippen molar-refractivity contribution in [1.29, 1.82) is 0 Å². The van der Waals surface area contributed by atoms with Gasteiger partial charge < -0.3 is 10.1 Å². The van der Waals surface area contributed by atoms with E-state index in [1.165, 1.54) is 19.3 Å². The second kappa shape index (κ2) is 6.89. The highest BCUT2D eigenvalue weighted by molar-refractivity contribution is 5.70. The fraction of sp³-hybridized carbons (Fsp3) is 0.923. The quantitative estimate of drug-likeness (QED) is 0.709. The summed E-state index contributed by atoms with van der Waals surface area (Å²) in [6.07, 6.45) is 7.66. The normalized spacial score (nSPS) is 19.4. The third-order valence-electron chi connectivity index (χ3n) is 3.35. The molecule has 0 aromatic rings. The Morgan fingerprint density at radius 3 is 2.50 bits per heavy atom. The molecule has 0 unspecified atom stereocenters. The molecule has 1 N–H and O–H groups in total. The Kier molecular flexibility index (Phi) is 5.81. The average Bonchev–Trinajstić information content (AvgIpc) is 2.28. The van der Waals surface area contributed by atoms with E-state index < -0.39 is 0 Å². The summed E-state index contributed by atoms with van der Waals surface area (Å²) in [7, 11) is 0. The van der Waals surface area contributed by atoms with Gasteiger partial charge in [0, 0.05) is 5.54 Å². The number of esters is 1. The predicted octanol–water partition coefficient (Wildman–Crippen LogP) is 2.64. The maximum atomic E-state index is 11.6. The summed E-state index contributed by atoms with van der Waals surface area (Å²) in [5.41, 5.74) is 0.0283. The molecule has 0 heterocycles. The van der Waals surface area contributed by atoms with Crippen molar-refractivity contribution < 1.29 is 9.53 Å². The molecule has 94 valence electrons. The molecule has 16 heavy (non-hydrogen) atoms. The SMILES string of the molecule is CCCNC1(CC(=O)OCC)CCCCC1. The molecule has 1 rings (SSSR count). The van der Waals surface area contributed by atoms with E-state index in [1.807, 2.05) is 6.92 Å². The Bertz CT molecular complexity index is 210. The van der Waals surface area contributed by atoms with E-state index in [9.17, 15) is 4.79 Å². The lowest BCUT2D eigenvalue weighted by atomic mass is 9.79. The van der Waals surface area contributed by atoms with Crippen LogP contribution in [0.5, 0.6) is 0 Å². The van der Waals surface area contributed by atoms with Gasteiger partial charge in [-0.15, -0.1) is 0 Å². The van der Waals surface area contributed by atoms with Gasteiger partial charge in [-0.05, 0) is 32.7 Å². The van der Waals surface area contributed by atoms with Crippen LogP contribution in [0.1, 0.15) is 58.8 Å². The maximum absolute atomic E-state index is 11.6. The molecule has 1 aliphatic carbocycles. The Balaban J connectivity index is 2.51. The third kappa shape index (κ3) is 4.12. The average molecular weight is 227 g/mol. The van der Waals surface area contributed by atoms with Crippen LogP contribution in [-0.4, -0.2) is 24.7 Å². The number of nitrogens with one attached hydrogen (secondary N) is 1. The van der Waals surface area contributed by atoms with E-state index in [4.69, 9.17) is 4.74 Å². The molecule has 0 atom stereocenters. The first-order valence-electron chi connectivity index (χ1n) is 6.63. The highest BCUT2D eigenvalue weighted by atomic mass is 16.5. The predicted molar refractivity (Wildman–Crippen MR) is 65.4 cm³/mol. The highest BCUT2D eigenvalue weighted by Crippen LogP contribution is 2.31. The highest BCUT2D eigenvalue weighted by Gasteiger charge is 2.33. The minimum absolute atomic E-state index is 0.0283. The molecular weight excluding hydrogens is 202 g/mol. The molecule has 0 spiro atoms. The van der Waals surface area contributed by atoms with E-state index in [1.54, 1.807) is 0 Å². The number of carbonyl (C=O) groups excluding carboxylic acids is 1. The van der Waals surface area contributed by atoms with Crippen LogP contribution >= 0.6 is 0 Å². The molecule has 0 bridgehead atoms. The standard InChI is InChI=1S/C13H25NO2/c1-3-10-14-13(8-6-5-7-9-13)11-12(15)16-4-2/h14H,3-11H2,1-2H3. The van der Waals surface area contributed by atoms with E-state index in [0.717, 1.165) is 25.8 Å². The molecule has 0 amide bonds. The van der Waals surface area contributed by atoms with Gasteiger partial charge in [-0.1, -0.05) is 26.2 Å². The molecule has 1 saturated carbocycles. The number of ether oxygens (including phenoxy) is 1. The molecule has 1 fully saturated rings. The minimum atomic E-state index is -0.0481. The summed E-state index contributed by atoms with van der Waals surface area (Å²) in [5.74, 6) is -0.0481. The first-order chi connectivity index (χ1) is 7.72. The van der Waals surface area contributed by atoms with Crippen molar-refractivity contribution in [3.8, 4) is 0 Å². The van der Waals surface area contributed by atoms with Crippen molar-refractivity contribution >= 4 is 5.97 Å². The van der Waals surface area contributed by atoms with Crippen molar-refractivity contribution in [3.05, 3.63) is 0 Å². The van der Waals surface area contributed by atoms with Crippen molar-refractivity contribution in [3.63, 3.8) is 0 Å². The van der Waals surface area contributed by atoms with Crippen molar-refractivity contribution in [2.24, 2.45) is 0 Å². The van der Waals surface area contributed by atoms with E-state index >= 15 is 0 Å². The molecular formula is C13H25NO2. The van der Waals surface area contributed by atoms with Gasteiger partial charge in [0.15, 0.2) is 0 Å². The van der Waals surface area contributed by atoms with Gasteiger partial charge in [-0.25, -0.2) is 0 Å². The zero-order valence-electron chi connectivity index (χ0n) is 10.7. The number of rotatable bonds is 6. The number of hydrogen-bond donors (Lipinski definition) is 1. The summed E-state index contributed by atoms with van der Waals surface area (Å²) in [5, 5.41) is 3.57. The van der Waals surface area contributed by atoms with Crippen LogP contribution in [-0.2, 0) is 9.53 Å². The molecule has 0 aliphatic heterocycles.